The lowest BCUT2D eigenvalue weighted by Gasteiger charge is -2.17. The number of nitrogens with zero attached hydrogens (tertiary/aromatic N) is 3. The van der Waals surface area contributed by atoms with Crippen molar-refractivity contribution in [2.75, 3.05) is 25.1 Å². The van der Waals surface area contributed by atoms with Gasteiger partial charge in [-0.2, -0.15) is 5.10 Å². The van der Waals surface area contributed by atoms with Gasteiger partial charge in [0, 0.05) is 41.9 Å². The van der Waals surface area contributed by atoms with E-state index in [1.54, 1.807) is 18.3 Å². The quantitative estimate of drug-likeness (QED) is 0.480. The molecule has 150 valence electrons. The Kier molecular flexibility index (Phi) is 6.46. The van der Waals surface area contributed by atoms with E-state index in [1.807, 2.05) is 48.3 Å². The summed E-state index contributed by atoms with van der Waals surface area (Å²) in [6.45, 7) is 4.79. The summed E-state index contributed by atoms with van der Waals surface area (Å²) in [5.41, 5.74) is 8.32. The Bertz CT molecular complexity index is 969. The second-order valence-electron chi connectivity index (χ2n) is 6.93. The summed E-state index contributed by atoms with van der Waals surface area (Å²) in [7, 11) is 1.92. The Morgan fingerprint density at radius 3 is 2.24 bits per heavy atom. The average molecular weight is 390 g/mol. The van der Waals surface area contributed by atoms with Crippen LogP contribution in [0, 0.1) is 13.8 Å². The highest BCUT2D eigenvalue weighted by molar-refractivity contribution is 5.95. The zero-order valence-corrected chi connectivity index (χ0v) is 17.0. The molecule has 0 radical (unpaired) electrons. The van der Waals surface area contributed by atoms with E-state index in [-0.39, 0.29) is 12.5 Å². The number of carbonyl (C=O) groups excluding carboxylic acids is 1. The van der Waals surface area contributed by atoms with Crippen molar-refractivity contribution < 1.29 is 9.90 Å². The molecule has 0 atom stereocenters. The molecule has 1 aromatic heterocycles. The summed E-state index contributed by atoms with van der Waals surface area (Å²) in [6, 6.07) is 19.3. The molecule has 0 aliphatic heterocycles. The number of rotatable bonds is 7. The molecule has 0 saturated carbocycles. The summed E-state index contributed by atoms with van der Waals surface area (Å²) < 4.78 is 2.14. The highest BCUT2D eigenvalue weighted by Gasteiger charge is 2.07. The van der Waals surface area contributed by atoms with Gasteiger partial charge in [-0.15, -0.1) is 0 Å². The third-order valence-corrected chi connectivity index (χ3v) is 4.81. The summed E-state index contributed by atoms with van der Waals surface area (Å²) in [4.78, 5) is 14.3. The molecule has 0 aliphatic rings. The Hall–Kier alpha value is -3.38. The molecule has 1 heterocycles. The molecule has 0 spiro atoms. The lowest BCUT2D eigenvalue weighted by atomic mass is 10.2. The molecule has 2 N–H and O–H groups in total. The van der Waals surface area contributed by atoms with E-state index in [2.05, 4.69) is 41.1 Å². The first-order valence-electron chi connectivity index (χ1n) is 9.50. The number of amides is 1. The number of hydrazone groups is 1. The molecular weight excluding hydrogens is 364 g/mol. The van der Waals surface area contributed by atoms with Crippen molar-refractivity contribution in [3.05, 3.63) is 83.2 Å². The first-order chi connectivity index (χ1) is 14.0. The molecule has 3 aromatic rings. The van der Waals surface area contributed by atoms with Gasteiger partial charge in [-0.3, -0.25) is 4.79 Å². The summed E-state index contributed by atoms with van der Waals surface area (Å²) in [5.74, 6) is -0.256. The van der Waals surface area contributed by atoms with Gasteiger partial charge in [-0.05, 0) is 67.9 Å². The standard InChI is InChI=1S/C23H26N4O2/c1-17-4-5-18(2)27(17)22-12-8-20(9-13-22)23(29)25-24-16-19-6-10-21(11-7-19)26(3)14-15-28/h4-13,16,28H,14-15H2,1-3H3,(H,25,29)/b24-16+. The van der Waals surface area contributed by atoms with Crippen molar-refractivity contribution in [2.45, 2.75) is 13.8 Å². The van der Waals surface area contributed by atoms with Gasteiger partial charge < -0.3 is 14.6 Å². The fourth-order valence-corrected chi connectivity index (χ4v) is 3.16. The average Bonchev–Trinajstić information content (AvgIpc) is 3.07. The second kappa shape index (κ2) is 9.21. The number of hydrogen-bond donors (Lipinski definition) is 2. The van der Waals surface area contributed by atoms with E-state index >= 15 is 0 Å². The molecule has 1 amide bonds. The third kappa shape index (κ3) is 4.92. The van der Waals surface area contributed by atoms with Crippen LogP contribution in [0.3, 0.4) is 0 Å². The molecule has 0 fully saturated rings. The maximum atomic E-state index is 12.3. The fourth-order valence-electron chi connectivity index (χ4n) is 3.16. The second-order valence-corrected chi connectivity index (χ2v) is 6.93. The normalized spacial score (nSPS) is 11.0. The Labute approximate surface area is 171 Å². The fraction of sp³-hybridized carbons (Fsp3) is 0.217. The van der Waals surface area contributed by atoms with Crippen molar-refractivity contribution >= 4 is 17.8 Å². The van der Waals surface area contributed by atoms with Gasteiger partial charge in [-0.25, -0.2) is 5.43 Å². The zero-order valence-electron chi connectivity index (χ0n) is 17.0. The molecule has 3 rings (SSSR count). The van der Waals surface area contributed by atoms with Crippen LogP contribution < -0.4 is 10.3 Å². The van der Waals surface area contributed by atoms with Crippen molar-refractivity contribution in [3.8, 4) is 5.69 Å². The van der Waals surface area contributed by atoms with E-state index in [1.165, 1.54) is 0 Å². The summed E-state index contributed by atoms with van der Waals surface area (Å²) in [6.07, 6.45) is 1.61. The van der Waals surface area contributed by atoms with Gasteiger partial charge in [-0.1, -0.05) is 12.1 Å². The van der Waals surface area contributed by atoms with Crippen LogP contribution in [0.2, 0.25) is 0 Å². The van der Waals surface area contributed by atoms with Crippen LogP contribution >= 0.6 is 0 Å². The highest BCUT2D eigenvalue weighted by atomic mass is 16.3. The number of carbonyl (C=O) groups is 1. The SMILES string of the molecule is Cc1ccc(C)n1-c1ccc(C(=O)N/N=C/c2ccc(N(C)CCO)cc2)cc1. The summed E-state index contributed by atoms with van der Waals surface area (Å²) >= 11 is 0. The van der Waals surface area contributed by atoms with Crippen LogP contribution in [-0.2, 0) is 0 Å². The topological polar surface area (TPSA) is 69.9 Å². The molecule has 0 unspecified atom stereocenters. The van der Waals surface area contributed by atoms with E-state index in [0.29, 0.717) is 12.1 Å². The van der Waals surface area contributed by atoms with E-state index in [9.17, 15) is 4.79 Å². The zero-order chi connectivity index (χ0) is 20.8. The number of anilines is 1. The molecule has 0 bridgehead atoms. The van der Waals surface area contributed by atoms with Gasteiger partial charge in [0.15, 0.2) is 0 Å². The lowest BCUT2D eigenvalue weighted by molar-refractivity contribution is 0.0955. The molecule has 6 heteroatoms. The van der Waals surface area contributed by atoms with E-state index in [0.717, 1.165) is 28.3 Å². The van der Waals surface area contributed by atoms with Crippen molar-refractivity contribution in [1.29, 1.82) is 0 Å². The molecule has 0 saturated heterocycles. The van der Waals surface area contributed by atoms with Crippen LogP contribution in [0.5, 0.6) is 0 Å². The van der Waals surface area contributed by atoms with Crippen LogP contribution in [0.1, 0.15) is 27.3 Å². The summed E-state index contributed by atoms with van der Waals surface area (Å²) in [5, 5.41) is 13.0. The minimum atomic E-state index is -0.256. The number of aryl methyl sites for hydroxylation is 2. The van der Waals surface area contributed by atoms with Gasteiger partial charge in [0.1, 0.15) is 0 Å². The number of hydrogen-bond acceptors (Lipinski definition) is 4. The first kappa shape index (κ1) is 20.4. The largest absolute Gasteiger partial charge is 0.395 e. The molecule has 6 nitrogen and oxygen atoms in total. The minimum Gasteiger partial charge on any atom is -0.395 e. The first-order valence-corrected chi connectivity index (χ1v) is 9.50. The van der Waals surface area contributed by atoms with Crippen molar-refractivity contribution in [1.82, 2.24) is 9.99 Å². The number of aliphatic hydroxyl groups excluding tert-OH is 1. The number of likely N-dealkylation sites (N-methyl/N-ethyl adjacent to an activating group) is 1. The highest BCUT2D eigenvalue weighted by Crippen LogP contribution is 2.17. The number of nitrogens with one attached hydrogen (secondary N) is 1. The van der Waals surface area contributed by atoms with Crippen molar-refractivity contribution in [3.63, 3.8) is 0 Å². The predicted octanol–water partition coefficient (Wildman–Crippen LogP) is 3.29. The number of aromatic nitrogens is 1. The molecule has 29 heavy (non-hydrogen) atoms. The van der Waals surface area contributed by atoms with E-state index < -0.39 is 0 Å². The van der Waals surface area contributed by atoms with E-state index in [4.69, 9.17) is 5.11 Å². The van der Waals surface area contributed by atoms with Crippen LogP contribution in [0.25, 0.3) is 5.69 Å². The molecule has 2 aromatic carbocycles. The van der Waals surface area contributed by atoms with Gasteiger partial charge >= 0.3 is 0 Å². The Morgan fingerprint density at radius 2 is 1.66 bits per heavy atom. The molecule has 0 aliphatic carbocycles. The Balaban J connectivity index is 1.60. The smallest absolute Gasteiger partial charge is 0.271 e. The maximum absolute atomic E-state index is 12.3. The van der Waals surface area contributed by atoms with Crippen LogP contribution in [0.15, 0.2) is 65.8 Å². The minimum absolute atomic E-state index is 0.108. The number of benzene rings is 2. The van der Waals surface area contributed by atoms with Crippen molar-refractivity contribution in [2.24, 2.45) is 5.10 Å². The maximum Gasteiger partial charge on any atom is 0.271 e. The van der Waals surface area contributed by atoms with Gasteiger partial charge in [0.2, 0.25) is 0 Å². The van der Waals surface area contributed by atoms with Crippen LogP contribution in [0.4, 0.5) is 5.69 Å². The number of aliphatic hydroxyl groups is 1. The predicted molar refractivity (Wildman–Crippen MR) is 117 cm³/mol. The van der Waals surface area contributed by atoms with Gasteiger partial charge in [0.25, 0.3) is 5.91 Å². The molecular formula is C23H26N4O2. The third-order valence-electron chi connectivity index (χ3n) is 4.81. The van der Waals surface area contributed by atoms with Gasteiger partial charge in [0.05, 0.1) is 12.8 Å². The Morgan fingerprint density at radius 1 is 1.03 bits per heavy atom. The monoisotopic (exact) mass is 390 g/mol. The lowest BCUT2D eigenvalue weighted by Crippen LogP contribution is -2.20. The van der Waals surface area contributed by atoms with Crippen LogP contribution in [-0.4, -0.2) is 42.0 Å².